The summed E-state index contributed by atoms with van der Waals surface area (Å²) in [5, 5.41) is 3.21. The average molecular weight is 267 g/mol. The molecule has 0 aliphatic heterocycles. The monoisotopic (exact) mass is 267 g/mol. The highest BCUT2D eigenvalue weighted by Crippen LogP contribution is 2.17. The van der Waals surface area contributed by atoms with Crippen molar-refractivity contribution in [3.05, 3.63) is 23.9 Å². The molecule has 1 aliphatic rings. The molecule has 1 rings (SSSR count). The van der Waals surface area contributed by atoms with Gasteiger partial charge in [0.15, 0.2) is 0 Å². The second-order valence-corrected chi connectivity index (χ2v) is 4.45. The van der Waals surface area contributed by atoms with Crippen LogP contribution in [0, 0.1) is 0 Å². The van der Waals surface area contributed by atoms with Crippen LogP contribution >= 0.6 is 0 Å². The third-order valence-corrected chi connectivity index (χ3v) is 3.10. The first-order chi connectivity index (χ1) is 9.17. The average Bonchev–Trinajstić information content (AvgIpc) is 2.47. The Balaban J connectivity index is 2.64. The number of hydrogen-bond acceptors (Lipinski definition) is 5. The maximum Gasteiger partial charge on any atom is 0.339 e. The van der Waals surface area contributed by atoms with Gasteiger partial charge in [0, 0.05) is 18.3 Å². The molecule has 0 heterocycles. The minimum Gasteiger partial charge on any atom is -0.466 e. The summed E-state index contributed by atoms with van der Waals surface area (Å²) in [5.74, 6) is -0.990. The molecule has 1 fully saturated rings. The van der Waals surface area contributed by atoms with Gasteiger partial charge < -0.3 is 14.8 Å². The quantitative estimate of drug-likeness (QED) is 0.466. The lowest BCUT2D eigenvalue weighted by atomic mass is 9.96. The highest BCUT2D eigenvalue weighted by atomic mass is 16.5. The predicted octanol–water partition coefficient (Wildman–Crippen LogP) is 1.69. The van der Waals surface area contributed by atoms with Gasteiger partial charge in [-0.15, -0.1) is 0 Å². The van der Waals surface area contributed by atoms with Gasteiger partial charge in [-0.05, 0) is 18.9 Å². The molecule has 5 nitrogen and oxygen atoms in total. The summed E-state index contributed by atoms with van der Waals surface area (Å²) < 4.78 is 9.15. The van der Waals surface area contributed by atoms with Gasteiger partial charge in [0.1, 0.15) is 0 Å². The number of carbonyl (C=O) groups excluding carboxylic acids is 2. The number of rotatable bonds is 5. The number of carbonyl (C=O) groups is 2. The molecule has 5 heteroatoms. The van der Waals surface area contributed by atoms with E-state index in [1.165, 1.54) is 45.6 Å². The Bertz CT molecular complexity index is 368. The Morgan fingerprint density at radius 3 is 2.32 bits per heavy atom. The van der Waals surface area contributed by atoms with Crippen LogP contribution in [0.3, 0.4) is 0 Å². The van der Waals surface area contributed by atoms with Crippen LogP contribution in [0.2, 0.25) is 0 Å². The first-order valence-electron chi connectivity index (χ1n) is 6.48. The second kappa shape index (κ2) is 8.34. The van der Waals surface area contributed by atoms with E-state index in [1.807, 2.05) is 0 Å². The molecule has 1 saturated carbocycles. The lowest BCUT2D eigenvalue weighted by Crippen LogP contribution is -2.27. The highest BCUT2D eigenvalue weighted by molar-refractivity contribution is 5.93. The van der Waals surface area contributed by atoms with Crippen molar-refractivity contribution in [2.45, 2.75) is 38.1 Å². The molecule has 0 radical (unpaired) electrons. The van der Waals surface area contributed by atoms with Crippen molar-refractivity contribution in [3.63, 3.8) is 0 Å². The van der Waals surface area contributed by atoms with E-state index in [-0.39, 0.29) is 0 Å². The summed E-state index contributed by atoms with van der Waals surface area (Å²) in [5.41, 5.74) is 0.304. The van der Waals surface area contributed by atoms with Crippen LogP contribution in [0.4, 0.5) is 0 Å². The van der Waals surface area contributed by atoms with Crippen molar-refractivity contribution in [2.24, 2.45) is 0 Å². The summed E-state index contributed by atoms with van der Waals surface area (Å²) in [6, 6.07) is 0.389. The topological polar surface area (TPSA) is 64.6 Å². The normalized spacial score (nSPS) is 17.3. The first kappa shape index (κ1) is 15.3. The Morgan fingerprint density at radius 2 is 1.74 bits per heavy atom. The van der Waals surface area contributed by atoms with Crippen LogP contribution in [0.25, 0.3) is 0 Å². The van der Waals surface area contributed by atoms with E-state index in [4.69, 9.17) is 0 Å². The lowest BCUT2D eigenvalue weighted by Gasteiger charge is -2.22. The summed E-state index contributed by atoms with van der Waals surface area (Å²) in [7, 11) is 2.59. The minimum atomic E-state index is -0.507. The van der Waals surface area contributed by atoms with Crippen LogP contribution < -0.4 is 5.32 Å². The van der Waals surface area contributed by atoms with E-state index in [1.54, 1.807) is 6.20 Å². The summed E-state index contributed by atoms with van der Waals surface area (Å²) >= 11 is 0. The van der Waals surface area contributed by atoms with Gasteiger partial charge in [0.25, 0.3) is 0 Å². The van der Waals surface area contributed by atoms with Gasteiger partial charge >= 0.3 is 11.9 Å². The zero-order valence-corrected chi connectivity index (χ0v) is 11.5. The molecule has 1 aliphatic carbocycles. The minimum absolute atomic E-state index is 0.304. The number of nitrogens with one attached hydrogen (secondary N) is 1. The van der Waals surface area contributed by atoms with Gasteiger partial charge in [-0.3, -0.25) is 0 Å². The Labute approximate surface area is 113 Å². The van der Waals surface area contributed by atoms with Crippen molar-refractivity contribution >= 4 is 11.9 Å². The third-order valence-electron chi connectivity index (χ3n) is 3.10. The standard InChI is InChI=1S/C14H21NO4/c1-18-13(16)9-8-11(14(17)19-2)10-15-12-6-4-3-5-7-12/h8-10,12,15H,3-7H2,1-2H3/b9-8+,11-10-. The van der Waals surface area contributed by atoms with Crippen molar-refractivity contribution < 1.29 is 19.1 Å². The number of methoxy groups -OCH3 is 2. The van der Waals surface area contributed by atoms with Gasteiger partial charge in [-0.25, -0.2) is 9.59 Å². The molecule has 0 amide bonds. The maximum atomic E-state index is 11.6. The molecule has 106 valence electrons. The van der Waals surface area contributed by atoms with E-state index >= 15 is 0 Å². The Kier molecular flexibility index (Phi) is 6.71. The van der Waals surface area contributed by atoms with E-state index in [0.717, 1.165) is 12.8 Å². The van der Waals surface area contributed by atoms with Gasteiger partial charge in [0.2, 0.25) is 0 Å². The van der Waals surface area contributed by atoms with Crippen LogP contribution in [-0.2, 0) is 19.1 Å². The molecule has 0 aromatic carbocycles. The smallest absolute Gasteiger partial charge is 0.339 e. The van der Waals surface area contributed by atoms with E-state index in [9.17, 15) is 9.59 Å². The molecule has 0 unspecified atom stereocenters. The molecule has 0 aromatic rings. The molecule has 0 spiro atoms. The zero-order chi connectivity index (χ0) is 14.1. The van der Waals surface area contributed by atoms with Crippen LogP contribution in [0.15, 0.2) is 23.9 Å². The Hall–Kier alpha value is -1.78. The fourth-order valence-electron chi connectivity index (χ4n) is 2.00. The van der Waals surface area contributed by atoms with Crippen LogP contribution in [0.5, 0.6) is 0 Å². The van der Waals surface area contributed by atoms with Crippen molar-refractivity contribution in [1.29, 1.82) is 0 Å². The largest absolute Gasteiger partial charge is 0.466 e. The Morgan fingerprint density at radius 1 is 1.05 bits per heavy atom. The summed E-state index contributed by atoms with van der Waals surface area (Å²) in [6.45, 7) is 0. The zero-order valence-electron chi connectivity index (χ0n) is 11.5. The molecule has 0 aromatic heterocycles. The first-order valence-corrected chi connectivity index (χ1v) is 6.48. The van der Waals surface area contributed by atoms with Crippen molar-refractivity contribution in [3.8, 4) is 0 Å². The van der Waals surface area contributed by atoms with Crippen molar-refractivity contribution in [1.82, 2.24) is 5.32 Å². The number of ether oxygens (including phenoxy) is 2. The summed E-state index contributed by atoms with van der Waals surface area (Å²) in [4.78, 5) is 22.6. The fourth-order valence-corrected chi connectivity index (χ4v) is 2.00. The van der Waals surface area contributed by atoms with E-state index < -0.39 is 11.9 Å². The molecule has 0 saturated heterocycles. The lowest BCUT2D eigenvalue weighted by molar-refractivity contribution is -0.135. The van der Waals surface area contributed by atoms with Gasteiger partial charge in [-0.2, -0.15) is 0 Å². The summed E-state index contributed by atoms with van der Waals surface area (Å²) in [6.07, 6.45) is 10.1. The molecular formula is C14H21NO4. The molecule has 0 atom stereocenters. The predicted molar refractivity (Wildman–Crippen MR) is 71.3 cm³/mol. The second-order valence-electron chi connectivity index (χ2n) is 4.45. The van der Waals surface area contributed by atoms with Gasteiger partial charge in [-0.1, -0.05) is 19.3 Å². The molecule has 19 heavy (non-hydrogen) atoms. The van der Waals surface area contributed by atoms with Gasteiger partial charge in [0.05, 0.1) is 19.8 Å². The third kappa shape index (κ3) is 5.59. The van der Waals surface area contributed by atoms with Crippen LogP contribution in [0.1, 0.15) is 32.1 Å². The molecule has 1 N–H and O–H groups in total. The molecule has 0 bridgehead atoms. The van der Waals surface area contributed by atoms with E-state index in [2.05, 4.69) is 14.8 Å². The van der Waals surface area contributed by atoms with E-state index in [0.29, 0.717) is 11.6 Å². The SMILES string of the molecule is COC(=O)/C=C/C(=C/NC1CCCCC1)C(=O)OC. The fraction of sp³-hybridized carbons (Fsp3) is 0.571. The number of esters is 2. The maximum absolute atomic E-state index is 11.6. The van der Waals surface area contributed by atoms with Crippen LogP contribution in [-0.4, -0.2) is 32.2 Å². The number of hydrogen-bond donors (Lipinski definition) is 1. The highest BCUT2D eigenvalue weighted by Gasteiger charge is 2.13. The molecular weight excluding hydrogens is 246 g/mol. The van der Waals surface area contributed by atoms with Crippen molar-refractivity contribution in [2.75, 3.05) is 14.2 Å².